The van der Waals surface area contributed by atoms with E-state index in [0.717, 1.165) is 33.0 Å². The van der Waals surface area contributed by atoms with Crippen LogP contribution in [0.25, 0.3) is 0 Å². The number of rotatable bonds is 12. The molecule has 0 heterocycles. The molecule has 38 heavy (non-hydrogen) atoms. The first-order valence-electron chi connectivity index (χ1n) is 12.8. The number of aryl methyl sites for hydroxylation is 2. The van der Waals surface area contributed by atoms with Gasteiger partial charge in [0.15, 0.2) is 0 Å². The number of nitrogens with zero attached hydrogens (tertiary/aromatic N) is 2. The maximum absolute atomic E-state index is 13.8. The van der Waals surface area contributed by atoms with Gasteiger partial charge in [0.05, 0.1) is 11.4 Å². The molecule has 0 saturated heterocycles. The highest BCUT2D eigenvalue weighted by molar-refractivity contribution is 7.89. The minimum Gasteiger partial charge on any atom is -0.354 e. The summed E-state index contributed by atoms with van der Waals surface area (Å²) in [5.41, 5.74) is 3.74. The average molecular weight is 536 g/mol. The quantitative estimate of drug-likeness (QED) is 0.379. The van der Waals surface area contributed by atoms with Crippen molar-refractivity contribution in [1.29, 1.82) is 0 Å². The van der Waals surface area contributed by atoms with E-state index in [1.165, 1.54) is 24.1 Å². The maximum atomic E-state index is 13.8. The van der Waals surface area contributed by atoms with Crippen LogP contribution in [0.15, 0.2) is 83.8 Å². The molecule has 0 aromatic heterocycles. The van der Waals surface area contributed by atoms with Gasteiger partial charge in [0.1, 0.15) is 6.04 Å². The highest BCUT2D eigenvalue weighted by Gasteiger charge is 2.33. The molecule has 0 fully saturated rings. The molecular formula is C30H37N3O4S. The van der Waals surface area contributed by atoms with Gasteiger partial charge in [0.25, 0.3) is 0 Å². The Morgan fingerprint density at radius 3 is 2.16 bits per heavy atom. The van der Waals surface area contributed by atoms with Crippen molar-refractivity contribution in [3.05, 3.63) is 101 Å². The number of benzene rings is 3. The van der Waals surface area contributed by atoms with Gasteiger partial charge in [-0.05, 0) is 43.5 Å². The van der Waals surface area contributed by atoms with Crippen molar-refractivity contribution in [1.82, 2.24) is 14.5 Å². The summed E-state index contributed by atoms with van der Waals surface area (Å²) in [5, 5.41) is 2.94. The number of nitrogens with one attached hydrogen (secondary N) is 1. The predicted octanol–water partition coefficient (Wildman–Crippen LogP) is 4.09. The summed E-state index contributed by atoms with van der Waals surface area (Å²) in [6.07, 6.45) is 1.07. The lowest BCUT2D eigenvalue weighted by atomic mass is 10.0. The van der Waals surface area contributed by atoms with Gasteiger partial charge in [-0.2, -0.15) is 4.31 Å². The fourth-order valence-corrected chi connectivity index (χ4v) is 5.30. The van der Waals surface area contributed by atoms with Crippen LogP contribution in [0.4, 0.5) is 0 Å². The van der Waals surface area contributed by atoms with Crippen molar-refractivity contribution in [2.24, 2.45) is 0 Å². The van der Waals surface area contributed by atoms with Crippen LogP contribution in [0.1, 0.15) is 35.6 Å². The van der Waals surface area contributed by atoms with Crippen molar-refractivity contribution >= 4 is 21.8 Å². The summed E-state index contributed by atoms with van der Waals surface area (Å²) in [4.78, 5) is 28.9. The normalized spacial score (nSPS) is 12.2. The van der Waals surface area contributed by atoms with Gasteiger partial charge in [-0.25, -0.2) is 8.42 Å². The minimum absolute atomic E-state index is 0.116. The Hall–Kier alpha value is -3.49. The number of hydrogen-bond donors (Lipinski definition) is 1. The minimum atomic E-state index is -3.90. The molecule has 3 aromatic carbocycles. The molecule has 1 atom stereocenters. The molecule has 7 nitrogen and oxygen atoms in total. The van der Waals surface area contributed by atoms with Crippen LogP contribution in [0, 0.1) is 13.8 Å². The molecule has 3 rings (SSSR count). The van der Waals surface area contributed by atoms with Crippen LogP contribution in [-0.2, 0) is 32.6 Å². The zero-order valence-corrected chi connectivity index (χ0v) is 23.4. The Bertz CT molecular complexity index is 1330. The summed E-state index contributed by atoms with van der Waals surface area (Å²) in [7, 11) is -2.51. The number of hydrogen-bond acceptors (Lipinski definition) is 4. The molecule has 0 aliphatic rings. The summed E-state index contributed by atoms with van der Waals surface area (Å²) >= 11 is 0. The van der Waals surface area contributed by atoms with Crippen molar-refractivity contribution < 1.29 is 18.0 Å². The number of carbonyl (C=O) groups excluding carboxylic acids is 2. The van der Waals surface area contributed by atoms with E-state index in [9.17, 15) is 18.0 Å². The van der Waals surface area contributed by atoms with Crippen molar-refractivity contribution in [3.63, 3.8) is 0 Å². The van der Waals surface area contributed by atoms with Gasteiger partial charge in [0, 0.05) is 26.6 Å². The molecule has 3 aromatic rings. The molecule has 8 heteroatoms. The largest absolute Gasteiger partial charge is 0.354 e. The van der Waals surface area contributed by atoms with Crippen molar-refractivity contribution in [3.8, 4) is 0 Å². The van der Waals surface area contributed by atoms with E-state index in [1.54, 1.807) is 12.1 Å². The van der Waals surface area contributed by atoms with E-state index < -0.39 is 28.5 Å². The van der Waals surface area contributed by atoms with E-state index in [-0.39, 0.29) is 17.3 Å². The van der Waals surface area contributed by atoms with Gasteiger partial charge in [-0.3, -0.25) is 9.59 Å². The summed E-state index contributed by atoms with van der Waals surface area (Å²) in [6, 6.07) is 23.0. The molecule has 0 bridgehead atoms. The Kier molecular flexibility index (Phi) is 10.2. The molecule has 0 unspecified atom stereocenters. The Morgan fingerprint density at radius 2 is 1.53 bits per heavy atom. The fraction of sp³-hybridized carbons (Fsp3) is 0.333. The zero-order chi connectivity index (χ0) is 27.7. The first kappa shape index (κ1) is 29.1. The first-order chi connectivity index (χ1) is 18.1. The van der Waals surface area contributed by atoms with Crippen LogP contribution >= 0.6 is 0 Å². The molecule has 0 saturated carbocycles. The second-order valence-electron chi connectivity index (χ2n) is 9.58. The second kappa shape index (κ2) is 13.3. The highest BCUT2D eigenvalue weighted by Crippen LogP contribution is 2.19. The lowest BCUT2D eigenvalue weighted by Crippen LogP contribution is -2.53. The van der Waals surface area contributed by atoms with Crippen molar-refractivity contribution in [2.75, 3.05) is 20.1 Å². The fourth-order valence-electron chi connectivity index (χ4n) is 4.18. The van der Waals surface area contributed by atoms with Crippen LogP contribution < -0.4 is 5.32 Å². The number of sulfonamides is 1. The summed E-state index contributed by atoms with van der Waals surface area (Å²) in [6.45, 7) is 6.08. The van der Waals surface area contributed by atoms with Gasteiger partial charge in [-0.15, -0.1) is 0 Å². The third kappa shape index (κ3) is 7.76. The van der Waals surface area contributed by atoms with Crippen LogP contribution in [0.5, 0.6) is 0 Å². The summed E-state index contributed by atoms with van der Waals surface area (Å²) in [5.74, 6) is -0.710. The number of carbonyl (C=O) groups is 2. The monoisotopic (exact) mass is 535 g/mol. The molecule has 0 aliphatic carbocycles. The topological polar surface area (TPSA) is 86.8 Å². The van der Waals surface area contributed by atoms with Gasteiger partial charge >= 0.3 is 0 Å². The molecule has 0 radical (unpaired) electrons. The van der Waals surface area contributed by atoms with Crippen LogP contribution in [0.2, 0.25) is 0 Å². The number of likely N-dealkylation sites (N-methyl/N-ethyl adjacent to an activating group) is 1. The van der Waals surface area contributed by atoms with E-state index >= 15 is 0 Å². The maximum Gasteiger partial charge on any atom is 0.243 e. The summed E-state index contributed by atoms with van der Waals surface area (Å²) < 4.78 is 27.5. The van der Waals surface area contributed by atoms with Gasteiger partial charge in [0.2, 0.25) is 21.8 Å². The molecule has 202 valence electrons. The molecule has 0 spiro atoms. The standard InChI is InChI=1S/C30H37N3O4S/c1-5-18-31-30(35)28(20-25-11-7-6-8-12-25)33(21-26-13-9-10-24(3)19-26)29(34)22-32(4)38(36,37)27-16-14-23(2)15-17-27/h6-17,19,28H,5,18,20-22H2,1-4H3,(H,31,35)/t28-/m1/s1. The van der Waals surface area contributed by atoms with Gasteiger partial charge in [-0.1, -0.05) is 84.8 Å². The molecule has 1 N–H and O–H groups in total. The Labute approximate surface area is 226 Å². The van der Waals surface area contributed by atoms with E-state index in [2.05, 4.69) is 5.32 Å². The zero-order valence-electron chi connectivity index (χ0n) is 22.6. The highest BCUT2D eigenvalue weighted by atomic mass is 32.2. The number of amides is 2. The Balaban J connectivity index is 1.96. The smallest absolute Gasteiger partial charge is 0.243 e. The lowest BCUT2D eigenvalue weighted by molar-refractivity contribution is -0.141. The van der Waals surface area contributed by atoms with Crippen LogP contribution in [0.3, 0.4) is 0 Å². The van der Waals surface area contributed by atoms with Crippen LogP contribution in [-0.4, -0.2) is 55.6 Å². The van der Waals surface area contributed by atoms with E-state index in [1.807, 2.05) is 75.4 Å². The van der Waals surface area contributed by atoms with E-state index in [4.69, 9.17) is 0 Å². The Morgan fingerprint density at radius 1 is 0.868 bits per heavy atom. The molecular weight excluding hydrogens is 498 g/mol. The molecule has 0 aliphatic heterocycles. The lowest BCUT2D eigenvalue weighted by Gasteiger charge is -2.32. The second-order valence-corrected chi connectivity index (χ2v) is 11.6. The van der Waals surface area contributed by atoms with E-state index in [0.29, 0.717) is 13.0 Å². The van der Waals surface area contributed by atoms with Gasteiger partial charge < -0.3 is 10.2 Å². The SMILES string of the molecule is CCCNC(=O)[C@@H](Cc1ccccc1)N(Cc1cccc(C)c1)C(=O)CN(C)S(=O)(=O)c1ccc(C)cc1. The third-order valence-corrected chi connectivity index (χ3v) is 8.16. The first-order valence-corrected chi connectivity index (χ1v) is 14.3. The molecule has 2 amide bonds. The van der Waals surface area contributed by atoms with Crippen molar-refractivity contribution in [2.45, 2.75) is 51.1 Å². The predicted molar refractivity (Wildman–Crippen MR) is 150 cm³/mol. The average Bonchev–Trinajstić information content (AvgIpc) is 2.90. The third-order valence-electron chi connectivity index (χ3n) is 6.34.